The van der Waals surface area contributed by atoms with Crippen molar-refractivity contribution in [2.75, 3.05) is 29.9 Å². The van der Waals surface area contributed by atoms with E-state index in [-0.39, 0.29) is 17.2 Å². The van der Waals surface area contributed by atoms with Gasteiger partial charge in [-0.2, -0.15) is 15.0 Å². The lowest BCUT2D eigenvalue weighted by Crippen LogP contribution is -2.54. The molecule has 7 nitrogen and oxygen atoms in total. The summed E-state index contributed by atoms with van der Waals surface area (Å²) in [5.41, 5.74) is 0. The normalized spacial score (nSPS) is 19.6. The molecule has 2 N–H and O–H groups in total. The van der Waals surface area contributed by atoms with Crippen molar-refractivity contribution in [2.45, 2.75) is 19.9 Å². The van der Waals surface area contributed by atoms with E-state index in [2.05, 4.69) is 25.6 Å². The molecule has 1 aromatic rings. The quantitative estimate of drug-likeness (QED) is 0.821. The average Bonchev–Trinajstić information content (AvgIpc) is 2.32. The summed E-state index contributed by atoms with van der Waals surface area (Å²) in [6.45, 7) is 5.66. The maximum Gasteiger partial charge on any atom is 0.242 e. The Labute approximate surface area is 110 Å². The summed E-state index contributed by atoms with van der Waals surface area (Å²) in [5.74, 6) is 0.807. The number of hydrogen-bond acceptors (Lipinski definition) is 6. The topological polar surface area (TPSA) is 83.0 Å². The van der Waals surface area contributed by atoms with Crippen molar-refractivity contribution in [3.8, 4) is 0 Å². The number of rotatable bonds is 3. The number of aromatic nitrogens is 3. The Kier molecular flexibility index (Phi) is 3.81. The van der Waals surface area contributed by atoms with Crippen LogP contribution in [0.5, 0.6) is 0 Å². The molecular formula is C10H15ClN6O. The van der Waals surface area contributed by atoms with Gasteiger partial charge in [0.05, 0.1) is 0 Å². The minimum absolute atomic E-state index is 0.0391. The van der Waals surface area contributed by atoms with Crippen LogP contribution in [0.4, 0.5) is 11.9 Å². The minimum Gasteiger partial charge on any atom is -0.354 e. The summed E-state index contributed by atoms with van der Waals surface area (Å²) in [5, 5.41) is 5.89. The van der Waals surface area contributed by atoms with Gasteiger partial charge in [0, 0.05) is 19.6 Å². The van der Waals surface area contributed by atoms with Crippen LogP contribution < -0.4 is 15.5 Å². The fourth-order valence-corrected chi connectivity index (χ4v) is 1.92. The molecule has 1 unspecified atom stereocenters. The zero-order valence-electron chi connectivity index (χ0n) is 10.3. The first kappa shape index (κ1) is 12.8. The number of anilines is 2. The van der Waals surface area contributed by atoms with Crippen LogP contribution in [0, 0.1) is 0 Å². The molecule has 0 spiro atoms. The lowest BCUT2D eigenvalue weighted by Gasteiger charge is -2.32. The van der Waals surface area contributed by atoms with Crippen LogP contribution in [0.2, 0.25) is 5.28 Å². The summed E-state index contributed by atoms with van der Waals surface area (Å²) in [7, 11) is 0. The Hall–Kier alpha value is -1.63. The summed E-state index contributed by atoms with van der Waals surface area (Å²) in [4.78, 5) is 25.7. The Morgan fingerprint density at radius 2 is 2.28 bits per heavy atom. The van der Waals surface area contributed by atoms with Gasteiger partial charge in [0.1, 0.15) is 6.04 Å². The van der Waals surface area contributed by atoms with Crippen LogP contribution >= 0.6 is 11.6 Å². The summed E-state index contributed by atoms with van der Waals surface area (Å²) in [6.07, 6.45) is 0. The molecule has 1 atom stereocenters. The molecule has 0 radical (unpaired) electrons. The SMILES string of the molecule is CCNc1nc(Cl)nc(N2CCNC(=O)C2C)n1. The van der Waals surface area contributed by atoms with Crippen LogP contribution in [0.3, 0.4) is 0 Å². The maximum atomic E-state index is 11.6. The highest BCUT2D eigenvalue weighted by molar-refractivity contribution is 6.28. The second kappa shape index (κ2) is 5.34. The third kappa shape index (κ3) is 2.61. The average molecular weight is 271 g/mol. The van der Waals surface area contributed by atoms with E-state index in [0.717, 1.165) is 0 Å². The molecule has 1 aromatic heterocycles. The highest BCUT2D eigenvalue weighted by Gasteiger charge is 2.28. The largest absolute Gasteiger partial charge is 0.354 e. The van der Waals surface area contributed by atoms with Crippen LogP contribution in [-0.4, -0.2) is 46.5 Å². The van der Waals surface area contributed by atoms with Gasteiger partial charge < -0.3 is 15.5 Å². The summed E-state index contributed by atoms with van der Waals surface area (Å²) in [6, 6.07) is -0.313. The monoisotopic (exact) mass is 270 g/mol. The number of nitrogens with zero attached hydrogens (tertiary/aromatic N) is 4. The van der Waals surface area contributed by atoms with E-state index in [1.807, 2.05) is 11.8 Å². The fraction of sp³-hybridized carbons (Fsp3) is 0.600. The highest BCUT2D eigenvalue weighted by atomic mass is 35.5. The van der Waals surface area contributed by atoms with Crippen LogP contribution in [-0.2, 0) is 4.79 Å². The number of carbonyl (C=O) groups excluding carboxylic acids is 1. The predicted molar refractivity (Wildman–Crippen MR) is 68.8 cm³/mol. The first-order valence-corrected chi connectivity index (χ1v) is 6.19. The second-order valence-electron chi connectivity index (χ2n) is 3.92. The molecule has 2 rings (SSSR count). The van der Waals surface area contributed by atoms with Crippen molar-refractivity contribution < 1.29 is 4.79 Å². The predicted octanol–water partition coefficient (Wildman–Crippen LogP) is 0.281. The molecule has 8 heteroatoms. The molecule has 1 saturated heterocycles. The van der Waals surface area contributed by atoms with Gasteiger partial charge in [-0.3, -0.25) is 4.79 Å². The van der Waals surface area contributed by atoms with E-state index < -0.39 is 0 Å². The Morgan fingerprint density at radius 3 is 3.00 bits per heavy atom. The lowest BCUT2D eigenvalue weighted by molar-refractivity contribution is -0.122. The number of piperazine rings is 1. The molecule has 1 fully saturated rings. The van der Waals surface area contributed by atoms with Gasteiger partial charge in [-0.25, -0.2) is 0 Å². The van der Waals surface area contributed by atoms with E-state index in [1.165, 1.54) is 0 Å². The van der Waals surface area contributed by atoms with Crippen molar-refractivity contribution in [1.29, 1.82) is 0 Å². The number of amides is 1. The van der Waals surface area contributed by atoms with E-state index >= 15 is 0 Å². The van der Waals surface area contributed by atoms with Crippen molar-refractivity contribution >= 4 is 29.4 Å². The third-order valence-corrected chi connectivity index (χ3v) is 2.86. The first-order chi connectivity index (χ1) is 8.61. The number of halogens is 1. The van der Waals surface area contributed by atoms with Crippen molar-refractivity contribution in [3.05, 3.63) is 5.28 Å². The molecule has 1 aliphatic heterocycles. The molecule has 0 bridgehead atoms. The van der Waals surface area contributed by atoms with Gasteiger partial charge in [0.25, 0.3) is 0 Å². The molecule has 18 heavy (non-hydrogen) atoms. The van der Waals surface area contributed by atoms with Gasteiger partial charge in [-0.15, -0.1) is 0 Å². The Balaban J connectivity index is 2.28. The summed E-state index contributed by atoms with van der Waals surface area (Å²) < 4.78 is 0. The molecule has 0 aromatic carbocycles. The zero-order chi connectivity index (χ0) is 13.1. The van der Waals surface area contributed by atoms with Crippen LogP contribution in [0.1, 0.15) is 13.8 Å². The molecule has 0 saturated carbocycles. The molecule has 2 heterocycles. The van der Waals surface area contributed by atoms with Crippen molar-refractivity contribution in [2.24, 2.45) is 0 Å². The van der Waals surface area contributed by atoms with Gasteiger partial charge in [-0.05, 0) is 25.4 Å². The molecule has 98 valence electrons. The number of hydrogen-bond donors (Lipinski definition) is 2. The Bertz CT molecular complexity index is 454. The maximum absolute atomic E-state index is 11.6. The van der Waals surface area contributed by atoms with Crippen LogP contribution in [0.25, 0.3) is 0 Å². The minimum atomic E-state index is -0.313. The smallest absolute Gasteiger partial charge is 0.242 e. The third-order valence-electron chi connectivity index (χ3n) is 2.69. The lowest BCUT2D eigenvalue weighted by atomic mass is 10.2. The molecular weight excluding hydrogens is 256 g/mol. The number of nitrogens with one attached hydrogen (secondary N) is 2. The van der Waals surface area contributed by atoms with E-state index in [0.29, 0.717) is 31.5 Å². The molecule has 1 aliphatic rings. The second-order valence-corrected chi connectivity index (χ2v) is 4.26. The van der Waals surface area contributed by atoms with Gasteiger partial charge in [0.2, 0.25) is 23.1 Å². The molecule has 1 amide bonds. The zero-order valence-corrected chi connectivity index (χ0v) is 11.0. The van der Waals surface area contributed by atoms with Gasteiger partial charge >= 0.3 is 0 Å². The number of carbonyl (C=O) groups is 1. The first-order valence-electron chi connectivity index (χ1n) is 5.81. The van der Waals surface area contributed by atoms with Crippen LogP contribution in [0.15, 0.2) is 0 Å². The molecule has 0 aliphatic carbocycles. The van der Waals surface area contributed by atoms with E-state index in [9.17, 15) is 4.79 Å². The van der Waals surface area contributed by atoms with E-state index in [1.54, 1.807) is 6.92 Å². The van der Waals surface area contributed by atoms with Crippen molar-refractivity contribution in [1.82, 2.24) is 20.3 Å². The Morgan fingerprint density at radius 1 is 1.50 bits per heavy atom. The van der Waals surface area contributed by atoms with Gasteiger partial charge in [-0.1, -0.05) is 0 Å². The van der Waals surface area contributed by atoms with Gasteiger partial charge in [0.15, 0.2) is 0 Å². The van der Waals surface area contributed by atoms with Crippen molar-refractivity contribution in [3.63, 3.8) is 0 Å². The standard InChI is InChI=1S/C10H15ClN6O/c1-3-12-9-14-8(11)15-10(16-9)17-5-4-13-7(18)6(17)2/h6H,3-5H2,1-2H3,(H,13,18)(H,12,14,15,16). The fourth-order valence-electron chi connectivity index (χ4n) is 1.76. The van der Waals surface area contributed by atoms with E-state index in [4.69, 9.17) is 11.6 Å². The highest BCUT2D eigenvalue weighted by Crippen LogP contribution is 2.17. The summed E-state index contributed by atoms with van der Waals surface area (Å²) >= 11 is 5.86.